The van der Waals surface area contributed by atoms with E-state index in [0.717, 1.165) is 12.8 Å². The normalized spacial score (nSPS) is 24.7. The summed E-state index contributed by atoms with van der Waals surface area (Å²) in [7, 11) is 0. The molecule has 0 aromatic carbocycles. The molecule has 0 radical (unpaired) electrons. The summed E-state index contributed by atoms with van der Waals surface area (Å²) in [6.45, 7) is 0. The zero-order valence-electron chi connectivity index (χ0n) is 5.17. The van der Waals surface area contributed by atoms with Gasteiger partial charge >= 0.3 is 0 Å². The largest absolute Gasteiger partial charge is 0.550 e. The molecule has 0 bridgehead atoms. The molecule has 1 rings (SSSR count). The van der Waals surface area contributed by atoms with Crippen molar-refractivity contribution in [2.45, 2.75) is 19.3 Å². The van der Waals surface area contributed by atoms with Crippen LogP contribution in [-0.2, 0) is 4.79 Å². The molecule has 0 fully saturated rings. The van der Waals surface area contributed by atoms with Crippen LogP contribution in [0.25, 0.3) is 0 Å². The highest BCUT2D eigenvalue weighted by atomic mass is 16.4. The molecule has 1 aliphatic rings. The highest BCUT2D eigenvalue weighted by molar-refractivity contribution is 5.64. The number of carboxylic acids is 1. The van der Waals surface area contributed by atoms with E-state index in [4.69, 9.17) is 0 Å². The highest BCUT2D eigenvalue weighted by Crippen LogP contribution is 2.19. The number of allylic oxidation sites excluding steroid dienone is 2. The SMILES string of the molecule is O=C([O-])C[C@H]1C=CCC1. The summed E-state index contributed by atoms with van der Waals surface area (Å²) in [6, 6.07) is 0. The summed E-state index contributed by atoms with van der Waals surface area (Å²) in [5, 5.41) is 10.0. The number of aliphatic carboxylic acids is 1. The second-order valence-corrected chi connectivity index (χ2v) is 2.34. The van der Waals surface area contributed by atoms with Gasteiger partial charge in [0.15, 0.2) is 0 Å². The van der Waals surface area contributed by atoms with Gasteiger partial charge in [0, 0.05) is 5.97 Å². The Morgan fingerprint density at radius 3 is 3.00 bits per heavy atom. The average molecular weight is 125 g/mol. The van der Waals surface area contributed by atoms with Crippen LogP contribution in [0.2, 0.25) is 0 Å². The van der Waals surface area contributed by atoms with E-state index in [-0.39, 0.29) is 12.3 Å². The quantitative estimate of drug-likeness (QED) is 0.491. The Morgan fingerprint density at radius 1 is 1.78 bits per heavy atom. The standard InChI is InChI=1S/C7H10O2/c8-7(9)5-6-3-1-2-4-6/h1,3,6H,2,4-5H2,(H,8,9)/p-1/t6-/m0/s1. The van der Waals surface area contributed by atoms with Gasteiger partial charge in [-0.3, -0.25) is 0 Å². The molecule has 0 heterocycles. The number of hydrogen-bond donors (Lipinski definition) is 0. The van der Waals surface area contributed by atoms with Crippen LogP contribution >= 0.6 is 0 Å². The molecule has 50 valence electrons. The summed E-state index contributed by atoms with van der Waals surface area (Å²) in [5.41, 5.74) is 0. The molecule has 2 heteroatoms. The van der Waals surface area contributed by atoms with Crippen LogP contribution in [0, 0.1) is 5.92 Å². The molecule has 0 aromatic heterocycles. The van der Waals surface area contributed by atoms with Crippen LogP contribution in [0.15, 0.2) is 12.2 Å². The van der Waals surface area contributed by atoms with Crippen LogP contribution in [0.3, 0.4) is 0 Å². The molecule has 0 spiro atoms. The lowest BCUT2D eigenvalue weighted by Gasteiger charge is -2.06. The Balaban J connectivity index is 2.28. The average Bonchev–Trinajstić information content (AvgIpc) is 2.15. The first-order valence-electron chi connectivity index (χ1n) is 3.15. The van der Waals surface area contributed by atoms with Gasteiger partial charge in [-0.1, -0.05) is 12.2 Å². The van der Waals surface area contributed by atoms with Gasteiger partial charge in [0.25, 0.3) is 0 Å². The maximum atomic E-state index is 10.0. The predicted octanol–water partition coefficient (Wildman–Crippen LogP) is 0.0926. The predicted molar refractivity (Wildman–Crippen MR) is 31.5 cm³/mol. The van der Waals surface area contributed by atoms with Crippen LogP contribution in [0.1, 0.15) is 19.3 Å². The van der Waals surface area contributed by atoms with Crippen LogP contribution in [-0.4, -0.2) is 5.97 Å². The van der Waals surface area contributed by atoms with Crippen molar-refractivity contribution in [1.82, 2.24) is 0 Å². The minimum absolute atomic E-state index is 0.191. The second-order valence-electron chi connectivity index (χ2n) is 2.34. The van der Waals surface area contributed by atoms with E-state index in [2.05, 4.69) is 0 Å². The minimum Gasteiger partial charge on any atom is -0.550 e. The lowest BCUT2D eigenvalue weighted by atomic mass is 10.1. The van der Waals surface area contributed by atoms with Crippen LogP contribution < -0.4 is 5.11 Å². The molecule has 9 heavy (non-hydrogen) atoms. The summed E-state index contributed by atoms with van der Waals surface area (Å²) in [5.74, 6) is -0.693. The number of carbonyl (C=O) groups excluding carboxylic acids is 1. The van der Waals surface area contributed by atoms with Crippen molar-refractivity contribution >= 4 is 5.97 Å². The number of carbonyl (C=O) groups is 1. The summed E-state index contributed by atoms with van der Waals surface area (Å²) < 4.78 is 0. The van der Waals surface area contributed by atoms with Gasteiger partial charge < -0.3 is 9.90 Å². The van der Waals surface area contributed by atoms with E-state index in [1.165, 1.54) is 0 Å². The molecule has 0 saturated carbocycles. The zero-order chi connectivity index (χ0) is 6.69. The molecule has 0 N–H and O–H groups in total. The minimum atomic E-state index is -0.938. The highest BCUT2D eigenvalue weighted by Gasteiger charge is 2.07. The van der Waals surface area contributed by atoms with E-state index >= 15 is 0 Å². The van der Waals surface area contributed by atoms with Crippen molar-refractivity contribution < 1.29 is 9.90 Å². The Hall–Kier alpha value is -0.790. The van der Waals surface area contributed by atoms with Gasteiger partial charge in [-0.05, 0) is 25.2 Å². The monoisotopic (exact) mass is 125 g/mol. The molecule has 1 atom stereocenters. The summed E-state index contributed by atoms with van der Waals surface area (Å²) in [4.78, 5) is 10.0. The third-order valence-electron chi connectivity index (χ3n) is 1.54. The van der Waals surface area contributed by atoms with Crippen molar-refractivity contribution in [2.75, 3.05) is 0 Å². The molecular formula is C7H9O2-. The Bertz CT molecular complexity index is 138. The Kier molecular flexibility index (Phi) is 1.88. The maximum absolute atomic E-state index is 10.0. The van der Waals surface area contributed by atoms with Crippen molar-refractivity contribution in [3.8, 4) is 0 Å². The van der Waals surface area contributed by atoms with Gasteiger partial charge in [-0.2, -0.15) is 0 Å². The van der Waals surface area contributed by atoms with Gasteiger partial charge in [-0.15, -0.1) is 0 Å². The van der Waals surface area contributed by atoms with E-state index in [9.17, 15) is 9.90 Å². The van der Waals surface area contributed by atoms with E-state index < -0.39 is 5.97 Å². The lowest BCUT2D eigenvalue weighted by Crippen LogP contribution is -2.24. The summed E-state index contributed by atoms with van der Waals surface area (Å²) in [6.07, 6.45) is 6.17. The van der Waals surface area contributed by atoms with Crippen molar-refractivity contribution in [3.63, 3.8) is 0 Å². The molecule has 0 aliphatic heterocycles. The molecule has 0 aromatic rings. The van der Waals surface area contributed by atoms with Gasteiger partial charge in [0.2, 0.25) is 0 Å². The Labute approximate surface area is 54.2 Å². The van der Waals surface area contributed by atoms with Gasteiger partial charge in [-0.25, -0.2) is 0 Å². The molecule has 0 saturated heterocycles. The third kappa shape index (κ3) is 1.88. The van der Waals surface area contributed by atoms with Crippen LogP contribution in [0.5, 0.6) is 0 Å². The smallest absolute Gasteiger partial charge is 0.0420 e. The zero-order valence-corrected chi connectivity index (χ0v) is 5.17. The van der Waals surface area contributed by atoms with Gasteiger partial charge in [0.05, 0.1) is 0 Å². The molecular weight excluding hydrogens is 116 g/mol. The van der Waals surface area contributed by atoms with Gasteiger partial charge in [0.1, 0.15) is 0 Å². The Morgan fingerprint density at radius 2 is 2.56 bits per heavy atom. The molecule has 2 nitrogen and oxygen atoms in total. The molecule has 0 amide bonds. The van der Waals surface area contributed by atoms with E-state index in [1.54, 1.807) is 0 Å². The van der Waals surface area contributed by atoms with Crippen LogP contribution in [0.4, 0.5) is 0 Å². The van der Waals surface area contributed by atoms with Crippen molar-refractivity contribution in [2.24, 2.45) is 5.92 Å². The van der Waals surface area contributed by atoms with E-state index in [0.29, 0.717) is 0 Å². The fourth-order valence-corrected chi connectivity index (χ4v) is 1.08. The summed E-state index contributed by atoms with van der Waals surface area (Å²) >= 11 is 0. The third-order valence-corrected chi connectivity index (χ3v) is 1.54. The second kappa shape index (κ2) is 2.67. The number of hydrogen-bond acceptors (Lipinski definition) is 2. The lowest BCUT2D eigenvalue weighted by molar-refractivity contribution is -0.306. The topological polar surface area (TPSA) is 40.1 Å². The van der Waals surface area contributed by atoms with Crippen molar-refractivity contribution in [1.29, 1.82) is 0 Å². The number of rotatable bonds is 2. The first-order chi connectivity index (χ1) is 4.29. The maximum Gasteiger partial charge on any atom is 0.0420 e. The number of carboxylic acid groups (broad SMARTS) is 1. The molecule has 0 unspecified atom stereocenters. The first kappa shape index (κ1) is 6.33. The fourth-order valence-electron chi connectivity index (χ4n) is 1.08. The van der Waals surface area contributed by atoms with Crippen molar-refractivity contribution in [3.05, 3.63) is 12.2 Å². The molecule has 1 aliphatic carbocycles. The van der Waals surface area contributed by atoms with E-state index in [1.807, 2.05) is 12.2 Å². The fraction of sp³-hybridized carbons (Fsp3) is 0.571. The first-order valence-corrected chi connectivity index (χ1v) is 3.15.